The fourth-order valence-electron chi connectivity index (χ4n) is 3.95. The summed E-state index contributed by atoms with van der Waals surface area (Å²) < 4.78 is 0. The Morgan fingerprint density at radius 3 is 2.51 bits per heavy atom. The molecule has 192 valence electrons. The number of nitroso groups, excluding NO2 is 1. The van der Waals surface area contributed by atoms with Gasteiger partial charge in [0, 0.05) is 13.1 Å². The first kappa shape index (κ1) is 27.7. The van der Waals surface area contributed by atoms with E-state index in [2.05, 4.69) is 15.6 Å². The summed E-state index contributed by atoms with van der Waals surface area (Å²) >= 11 is 0. The third kappa shape index (κ3) is 7.47. The number of nitrogens with two attached hydrogens (primary N) is 3. The minimum Gasteiger partial charge on any atom is -0.370 e. The summed E-state index contributed by atoms with van der Waals surface area (Å²) in [7, 11) is 0. The van der Waals surface area contributed by atoms with E-state index in [1.807, 2.05) is 13.8 Å². The molecule has 7 N–H and O–H groups in total. The van der Waals surface area contributed by atoms with E-state index in [1.165, 1.54) is 4.90 Å². The lowest BCUT2D eigenvalue weighted by Crippen LogP contribution is -2.56. The minimum absolute atomic E-state index is 0.0326. The van der Waals surface area contributed by atoms with Crippen molar-refractivity contribution in [1.82, 2.24) is 10.2 Å². The van der Waals surface area contributed by atoms with E-state index in [0.717, 1.165) is 6.42 Å². The van der Waals surface area contributed by atoms with Gasteiger partial charge in [0.25, 0.3) is 5.91 Å². The zero-order valence-corrected chi connectivity index (χ0v) is 20.3. The summed E-state index contributed by atoms with van der Waals surface area (Å²) in [6.45, 7) is 4.49. The molecule has 1 aromatic rings. The van der Waals surface area contributed by atoms with Crippen molar-refractivity contribution in [2.24, 2.45) is 33.4 Å². The van der Waals surface area contributed by atoms with E-state index in [0.29, 0.717) is 30.8 Å². The Morgan fingerprint density at radius 1 is 1.23 bits per heavy atom. The second kappa shape index (κ2) is 13.4. The van der Waals surface area contributed by atoms with Gasteiger partial charge in [-0.2, -0.15) is 5.01 Å². The highest BCUT2D eigenvalue weighted by molar-refractivity contribution is 6.00. The molecular formula is C23H36N8O4. The van der Waals surface area contributed by atoms with E-state index in [-0.39, 0.29) is 36.4 Å². The van der Waals surface area contributed by atoms with Gasteiger partial charge < -0.3 is 27.4 Å². The average Bonchev–Trinajstić information content (AvgIpc) is 3.35. The zero-order valence-electron chi connectivity index (χ0n) is 20.3. The molecule has 0 aliphatic carbocycles. The van der Waals surface area contributed by atoms with Gasteiger partial charge in [0.05, 0.1) is 17.0 Å². The van der Waals surface area contributed by atoms with Gasteiger partial charge in [-0.3, -0.25) is 19.4 Å². The SMILES string of the molecule is CC[C@@H](C)[C@@H](N)C(=O)N1CCC[C@H]1C(=O)N[C@@H](CCCN=C(N)N)C(=O)N(N=O)c1ccccc1. The normalized spacial score (nSPS) is 17.7. The molecule has 1 heterocycles. The molecule has 1 aliphatic heterocycles. The Kier molecular flexibility index (Phi) is 10.6. The van der Waals surface area contributed by atoms with Crippen LogP contribution in [0.3, 0.4) is 0 Å². The van der Waals surface area contributed by atoms with Gasteiger partial charge in [0.15, 0.2) is 5.96 Å². The van der Waals surface area contributed by atoms with Crippen molar-refractivity contribution in [2.75, 3.05) is 18.1 Å². The van der Waals surface area contributed by atoms with Gasteiger partial charge in [-0.15, -0.1) is 4.91 Å². The van der Waals surface area contributed by atoms with Crippen LogP contribution < -0.4 is 27.5 Å². The predicted octanol–water partition coefficient (Wildman–Crippen LogP) is 0.604. The summed E-state index contributed by atoms with van der Waals surface area (Å²) in [4.78, 5) is 56.3. The molecule has 0 radical (unpaired) electrons. The maximum absolute atomic E-state index is 13.2. The van der Waals surface area contributed by atoms with Crippen LogP contribution in [0.4, 0.5) is 5.69 Å². The fourth-order valence-corrected chi connectivity index (χ4v) is 3.95. The number of aliphatic imine (C=N–C) groups is 1. The van der Waals surface area contributed by atoms with Gasteiger partial charge in [-0.1, -0.05) is 38.5 Å². The fraction of sp³-hybridized carbons (Fsp3) is 0.565. The van der Waals surface area contributed by atoms with Crippen molar-refractivity contribution in [3.05, 3.63) is 35.2 Å². The highest BCUT2D eigenvalue weighted by atomic mass is 16.3. The molecule has 12 nitrogen and oxygen atoms in total. The number of rotatable bonds is 12. The summed E-state index contributed by atoms with van der Waals surface area (Å²) in [5.74, 6) is -1.58. The number of carbonyl (C=O) groups is 3. The molecule has 3 amide bonds. The number of hydrogen-bond acceptors (Lipinski definition) is 7. The van der Waals surface area contributed by atoms with Gasteiger partial charge >= 0.3 is 0 Å². The summed E-state index contributed by atoms with van der Waals surface area (Å²) in [6, 6.07) is 5.65. The van der Waals surface area contributed by atoms with Crippen LogP contribution in [0.1, 0.15) is 46.0 Å². The number of nitrogens with zero attached hydrogens (tertiary/aromatic N) is 4. The van der Waals surface area contributed by atoms with Crippen molar-refractivity contribution in [1.29, 1.82) is 0 Å². The first-order valence-electron chi connectivity index (χ1n) is 11.8. The highest BCUT2D eigenvalue weighted by Gasteiger charge is 2.39. The average molecular weight is 489 g/mol. The molecule has 0 bridgehead atoms. The van der Waals surface area contributed by atoms with E-state index < -0.39 is 29.9 Å². The van der Waals surface area contributed by atoms with Crippen molar-refractivity contribution in [3.63, 3.8) is 0 Å². The van der Waals surface area contributed by atoms with Gasteiger partial charge in [-0.05, 0) is 43.7 Å². The van der Waals surface area contributed by atoms with E-state index in [9.17, 15) is 19.3 Å². The molecule has 0 saturated carbocycles. The number of amides is 3. The first-order valence-corrected chi connectivity index (χ1v) is 11.8. The molecule has 0 aromatic heterocycles. The van der Waals surface area contributed by atoms with Gasteiger partial charge in [0.1, 0.15) is 12.1 Å². The molecule has 1 aromatic carbocycles. The molecule has 1 fully saturated rings. The Labute approximate surface area is 205 Å². The monoisotopic (exact) mass is 488 g/mol. The lowest BCUT2D eigenvalue weighted by molar-refractivity contribution is -0.141. The number of nitrogens with one attached hydrogen (secondary N) is 1. The maximum atomic E-state index is 13.2. The molecule has 1 saturated heterocycles. The lowest BCUT2D eigenvalue weighted by Gasteiger charge is -2.30. The van der Waals surface area contributed by atoms with Crippen LogP contribution in [0.5, 0.6) is 0 Å². The van der Waals surface area contributed by atoms with Gasteiger partial charge in [-0.25, -0.2) is 0 Å². The van der Waals surface area contributed by atoms with Crippen molar-refractivity contribution in [3.8, 4) is 0 Å². The van der Waals surface area contributed by atoms with Crippen LogP contribution in [-0.2, 0) is 14.4 Å². The standard InChI is InChI=1S/C23H36N8O4/c1-3-15(2)19(24)22(34)30-14-8-12-18(30)20(32)28-17(11-7-13-27-23(25)26)21(33)31(29-35)16-9-5-4-6-10-16/h4-6,9-10,15,17-19H,3,7-8,11-14,24H2,1-2H3,(H,28,32)(H4,25,26,27)/t15-,17+,18+,19-/m1/s1. The lowest BCUT2D eigenvalue weighted by atomic mass is 9.98. The second-order valence-electron chi connectivity index (χ2n) is 8.68. The van der Waals surface area contributed by atoms with Crippen molar-refractivity contribution >= 4 is 29.4 Å². The molecule has 0 unspecified atom stereocenters. The smallest absolute Gasteiger partial charge is 0.272 e. The number of para-hydroxylation sites is 1. The molecule has 4 atom stereocenters. The number of hydrogen-bond donors (Lipinski definition) is 4. The van der Waals surface area contributed by atoms with E-state index >= 15 is 0 Å². The van der Waals surface area contributed by atoms with Crippen LogP contribution in [0.15, 0.2) is 40.6 Å². The molecule has 12 heteroatoms. The third-order valence-electron chi connectivity index (χ3n) is 6.23. The van der Waals surface area contributed by atoms with Gasteiger partial charge in [0.2, 0.25) is 11.8 Å². The van der Waals surface area contributed by atoms with E-state index in [4.69, 9.17) is 17.2 Å². The second-order valence-corrected chi connectivity index (χ2v) is 8.68. The number of likely N-dealkylation sites (tertiary alicyclic amines) is 1. The summed E-state index contributed by atoms with van der Waals surface area (Å²) in [5, 5.41) is 6.30. The molecule has 2 rings (SSSR count). The largest absolute Gasteiger partial charge is 0.370 e. The summed E-state index contributed by atoms with van der Waals surface area (Å²) in [6.07, 6.45) is 2.35. The van der Waals surface area contributed by atoms with Crippen LogP contribution in [0, 0.1) is 10.8 Å². The minimum atomic E-state index is -1.07. The first-order chi connectivity index (χ1) is 16.7. The highest BCUT2D eigenvalue weighted by Crippen LogP contribution is 2.22. The van der Waals surface area contributed by atoms with Crippen LogP contribution in [-0.4, -0.2) is 59.8 Å². The van der Waals surface area contributed by atoms with E-state index in [1.54, 1.807) is 30.3 Å². The van der Waals surface area contributed by atoms with Crippen LogP contribution >= 0.6 is 0 Å². The zero-order chi connectivity index (χ0) is 26.0. The number of benzene rings is 1. The topological polar surface area (TPSA) is 190 Å². The molecule has 1 aliphatic rings. The quantitative estimate of drug-likeness (QED) is 0.109. The summed E-state index contributed by atoms with van der Waals surface area (Å²) in [5.41, 5.74) is 17.1. The Hall–Kier alpha value is -3.54. The molecule has 35 heavy (non-hydrogen) atoms. The van der Waals surface area contributed by atoms with Crippen LogP contribution in [0.2, 0.25) is 0 Å². The Morgan fingerprint density at radius 2 is 1.91 bits per heavy atom. The van der Waals surface area contributed by atoms with Crippen molar-refractivity contribution in [2.45, 2.75) is 64.1 Å². The third-order valence-corrected chi connectivity index (χ3v) is 6.23. The van der Waals surface area contributed by atoms with Crippen LogP contribution in [0.25, 0.3) is 0 Å². The maximum Gasteiger partial charge on any atom is 0.272 e. The Bertz CT molecular complexity index is 906. The number of guanidine groups is 1. The molecule has 0 spiro atoms. The predicted molar refractivity (Wildman–Crippen MR) is 134 cm³/mol. The number of carbonyl (C=O) groups excluding carboxylic acids is 3. The Balaban J connectivity index is 2.20. The molecular weight excluding hydrogens is 452 g/mol. The van der Waals surface area contributed by atoms with Crippen molar-refractivity contribution < 1.29 is 14.4 Å². The number of anilines is 1.